The second-order valence-corrected chi connectivity index (χ2v) is 7.18. The summed E-state index contributed by atoms with van der Waals surface area (Å²) < 4.78 is 9.54. The van der Waals surface area contributed by atoms with E-state index in [9.17, 15) is 0 Å². The van der Waals surface area contributed by atoms with Crippen molar-refractivity contribution in [1.29, 1.82) is 0 Å². The molecule has 1 aliphatic heterocycles. The van der Waals surface area contributed by atoms with E-state index in [-0.39, 0.29) is 0 Å². The van der Waals surface area contributed by atoms with E-state index in [4.69, 9.17) is 4.74 Å². The number of rotatable bonds is 3. The molecule has 0 aromatic rings. The van der Waals surface area contributed by atoms with Gasteiger partial charge in [-0.05, 0) is 46.0 Å². The zero-order valence-electron chi connectivity index (χ0n) is 9.43. The molecule has 0 aromatic carbocycles. The lowest BCUT2D eigenvalue weighted by Gasteiger charge is -2.31. The number of hydrogen-bond acceptors (Lipinski definition) is 3. The third kappa shape index (κ3) is 2.44. The highest BCUT2D eigenvalue weighted by Gasteiger charge is 2.48. The molecule has 1 aliphatic carbocycles. The third-order valence-corrected chi connectivity index (χ3v) is 4.09. The molecule has 1 unspecified atom stereocenters. The molecular formula is C11H21NOS. The number of nitrogens with one attached hydrogen (secondary N) is 1. The van der Waals surface area contributed by atoms with Crippen LogP contribution in [-0.2, 0) is 4.74 Å². The predicted molar refractivity (Wildman–Crippen MR) is 61.4 cm³/mol. The zero-order chi connectivity index (χ0) is 10.2. The average molecular weight is 215 g/mol. The first-order chi connectivity index (χ1) is 6.52. The summed E-state index contributed by atoms with van der Waals surface area (Å²) in [5.74, 6) is 0.875. The van der Waals surface area contributed by atoms with E-state index in [1.165, 1.54) is 19.3 Å². The topological polar surface area (TPSA) is 21.3 Å². The van der Waals surface area contributed by atoms with Crippen molar-refractivity contribution in [1.82, 2.24) is 4.72 Å². The van der Waals surface area contributed by atoms with E-state index < -0.39 is 0 Å². The maximum absolute atomic E-state index is 5.55. The van der Waals surface area contributed by atoms with Crippen LogP contribution in [0.25, 0.3) is 0 Å². The molecule has 3 heteroatoms. The molecule has 0 bridgehead atoms. The van der Waals surface area contributed by atoms with Gasteiger partial charge in [0.15, 0.2) is 0 Å². The van der Waals surface area contributed by atoms with Crippen LogP contribution >= 0.6 is 11.9 Å². The molecule has 0 aromatic heterocycles. The summed E-state index contributed by atoms with van der Waals surface area (Å²) in [6.07, 6.45) is 3.98. The van der Waals surface area contributed by atoms with Crippen LogP contribution in [0.3, 0.4) is 0 Å². The van der Waals surface area contributed by atoms with Gasteiger partial charge in [0.2, 0.25) is 0 Å². The van der Waals surface area contributed by atoms with Gasteiger partial charge in [-0.3, -0.25) is 4.72 Å². The Morgan fingerprint density at radius 2 is 2.07 bits per heavy atom. The Morgan fingerprint density at radius 1 is 1.36 bits per heavy atom. The second kappa shape index (κ2) is 3.69. The molecule has 2 aliphatic rings. The SMILES string of the molecule is CC(C)(C)SNC1(C2CC2)CCOC1. The van der Waals surface area contributed by atoms with Crippen molar-refractivity contribution in [2.75, 3.05) is 13.2 Å². The molecular weight excluding hydrogens is 194 g/mol. The Morgan fingerprint density at radius 3 is 2.50 bits per heavy atom. The Labute approximate surface area is 91.3 Å². The van der Waals surface area contributed by atoms with E-state index in [0.717, 1.165) is 19.1 Å². The van der Waals surface area contributed by atoms with Gasteiger partial charge in [-0.1, -0.05) is 11.9 Å². The van der Waals surface area contributed by atoms with Gasteiger partial charge in [-0.25, -0.2) is 0 Å². The molecule has 0 spiro atoms. The summed E-state index contributed by atoms with van der Waals surface area (Å²) in [6, 6.07) is 0. The smallest absolute Gasteiger partial charge is 0.0660 e. The summed E-state index contributed by atoms with van der Waals surface area (Å²) in [7, 11) is 0. The van der Waals surface area contributed by atoms with Crippen molar-refractivity contribution in [2.45, 2.75) is 50.3 Å². The molecule has 1 atom stereocenters. The summed E-state index contributed by atoms with van der Waals surface area (Å²) in [5.41, 5.74) is 0.304. The highest BCUT2D eigenvalue weighted by atomic mass is 32.2. The quantitative estimate of drug-likeness (QED) is 0.731. The van der Waals surface area contributed by atoms with Crippen LogP contribution in [0, 0.1) is 5.92 Å². The Balaban J connectivity index is 1.91. The van der Waals surface area contributed by atoms with Gasteiger partial charge < -0.3 is 4.74 Å². The molecule has 1 saturated heterocycles. The maximum atomic E-state index is 5.55. The largest absolute Gasteiger partial charge is 0.379 e. The first kappa shape index (κ1) is 10.8. The van der Waals surface area contributed by atoms with Crippen LogP contribution in [0.2, 0.25) is 0 Å². The van der Waals surface area contributed by atoms with Crippen molar-refractivity contribution in [2.24, 2.45) is 5.92 Å². The molecule has 82 valence electrons. The van der Waals surface area contributed by atoms with Crippen LogP contribution < -0.4 is 4.72 Å². The van der Waals surface area contributed by atoms with E-state index in [1.54, 1.807) is 0 Å². The molecule has 0 amide bonds. The van der Waals surface area contributed by atoms with Crippen molar-refractivity contribution >= 4 is 11.9 Å². The lowest BCUT2D eigenvalue weighted by Crippen LogP contribution is -2.45. The van der Waals surface area contributed by atoms with Crippen LogP contribution in [0.1, 0.15) is 40.0 Å². The van der Waals surface area contributed by atoms with E-state index in [2.05, 4.69) is 25.5 Å². The van der Waals surface area contributed by atoms with Crippen molar-refractivity contribution < 1.29 is 4.74 Å². The summed E-state index contributed by atoms with van der Waals surface area (Å²) in [6.45, 7) is 8.61. The fourth-order valence-electron chi connectivity index (χ4n) is 1.96. The lowest BCUT2D eigenvalue weighted by atomic mass is 9.94. The third-order valence-electron chi connectivity index (χ3n) is 2.97. The average Bonchev–Trinajstić information content (AvgIpc) is 2.83. The van der Waals surface area contributed by atoms with Gasteiger partial charge in [-0.2, -0.15) is 0 Å². The first-order valence-corrected chi connectivity index (χ1v) is 6.36. The van der Waals surface area contributed by atoms with Gasteiger partial charge in [0.25, 0.3) is 0 Å². The van der Waals surface area contributed by atoms with Crippen molar-refractivity contribution in [3.8, 4) is 0 Å². The molecule has 1 heterocycles. The normalized spacial score (nSPS) is 33.6. The summed E-state index contributed by atoms with van der Waals surface area (Å²) in [5, 5.41) is 0. The van der Waals surface area contributed by atoms with E-state index in [0.29, 0.717) is 10.3 Å². The minimum atomic E-state index is 0.296. The maximum Gasteiger partial charge on any atom is 0.0660 e. The van der Waals surface area contributed by atoms with Gasteiger partial charge in [0.1, 0.15) is 0 Å². The van der Waals surface area contributed by atoms with Gasteiger partial charge in [0, 0.05) is 11.4 Å². The molecule has 0 radical (unpaired) electrons. The van der Waals surface area contributed by atoms with Gasteiger partial charge >= 0.3 is 0 Å². The van der Waals surface area contributed by atoms with Crippen LogP contribution in [-0.4, -0.2) is 23.5 Å². The molecule has 2 nitrogen and oxygen atoms in total. The van der Waals surface area contributed by atoms with Crippen molar-refractivity contribution in [3.63, 3.8) is 0 Å². The first-order valence-electron chi connectivity index (χ1n) is 5.55. The highest BCUT2D eigenvalue weighted by Crippen LogP contribution is 2.45. The fraction of sp³-hybridized carbons (Fsp3) is 1.00. The Hall–Kier alpha value is 0.270. The predicted octanol–water partition coefficient (Wildman–Crippen LogP) is 2.59. The standard InChI is InChI=1S/C11H21NOS/c1-10(2,3)14-12-11(9-4-5-9)6-7-13-8-11/h9,12H,4-8H2,1-3H3. The molecule has 14 heavy (non-hydrogen) atoms. The van der Waals surface area contributed by atoms with Crippen LogP contribution in [0.15, 0.2) is 0 Å². The van der Waals surface area contributed by atoms with Gasteiger partial charge in [0.05, 0.1) is 12.1 Å². The second-order valence-electron chi connectivity index (χ2n) is 5.55. The van der Waals surface area contributed by atoms with Gasteiger partial charge in [-0.15, -0.1) is 0 Å². The fourth-order valence-corrected chi connectivity index (χ4v) is 2.79. The van der Waals surface area contributed by atoms with Crippen molar-refractivity contribution in [3.05, 3.63) is 0 Å². The number of ether oxygens (including phenoxy) is 1. The molecule has 2 rings (SSSR count). The van der Waals surface area contributed by atoms with Crippen LogP contribution in [0.5, 0.6) is 0 Å². The Bertz CT molecular complexity index is 202. The Kier molecular flexibility index (Phi) is 2.84. The minimum Gasteiger partial charge on any atom is -0.379 e. The number of hydrogen-bond donors (Lipinski definition) is 1. The molecule has 2 fully saturated rings. The summed E-state index contributed by atoms with van der Waals surface area (Å²) >= 11 is 1.87. The van der Waals surface area contributed by atoms with Crippen LogP contribution in [0.4, 0.5) is 0 Å². The minimum absolute atomic E-state index is 0.296. The zero-order valence-corrected chi connectivity index (χ0v) is 10.2. The van der Waals surface area contributed by atoms with E-state index in [1.807, 2.05) is 11.9 Å². The summed E-state index contributed by atoms with van der Waals surface area (Å²) in [4.78, 5) is 0. The molecule has 1 N–H and O–H groups in total. The molecule has 1 saturated carbocycles. The lowest BCUT2D eigenvalue weighted by molar-refractivity contribution is 0.168. The van der Waals surface area contributed by atoms with E-state index >= 15 is 0 Å². The monoisotopic (exact) mass is 215 g/mol. The highest BCUT2D eigenvalue weighted by molar-refractivity contribution is 7.98.